The summed E-state index contributed by atoms with van der Waals surface area (Å²) in [5.41, 5.74) is 1.95. The molecule has 152 valence electrons. The summed E-state index contributed by atoms with van der Waals surface area (Å²) in [6.45, 7) is 1.79. The number of benzene rings is 2. The van der Waals surface area contributed by atoms with E-state index in [2.05, 4.69) is 26.7 Å². The van der Waals surface area contributed by atoms with Gasteiger partial charge in [0.2, 0.25) is 0 Å². The minimum Gasteiger partial charge on any atom is -0.495 e. The summed E-state index contributed by atoms with van der Waals surface area (Å²) in [7, 11) is 2.91. The fourth-order valence-electron chi connectivity index (χ4n) is 3.21. The number of halogens is 1. The zero-order valence-corrected chi connectivity index (χ0v) is 17.7. The van der Waals surface area contributed by atoms with Gasteiger partial charge in [0.15, 0.2) is 0 Å². The highest BCUT2D eigenvalue weighted by Crippen LogP contribution is 2.36. The molecule has 1 fully saturated rings. The Hall–Kier alpha value is -3.07. The molecule has 0 aliphatic carbocycles. The van der Waals surface area contributed by atoms with Crippen LogP contribution < -0.4 is 20.2 Å². The molecule has 2 aromatic carbocycles. The van der Waals surface area contributed by atoms with Crippen molar-refractivity contribution in [3.05, 3.63) is 58.1 Å². The second-order valence-electron chi connectivity index (χ2n) is 6.33. The Kier molecular flexibility index (Phi) is 5.78. The van der Waals surface area contributed by atoms with Crippen molar-refractivity contribution in [2.45, 2.75) is 18.9 Å². The van der Waals surface area contributed by atoms with Gasteiger partial charge >= 0.3 is 6.03 Å². The van der Waals surface area contributed by atoms with Crippen LogP contribution in [0.3, 0.4) is 0 Å². The fraction of sp³-hybridized carbons (Fsp3) is 0.250. The van der Waals surface area contributed by atoms with E-state index in [0.29, 0.717) is 33.0 Å². The number of ether oxygens (including phenoxy) is 2. The molecule has 1 heterocycles. The number of hydrogen-bond donors (Lipinski definition) is 2. The van der Waals surface area contributed by atoms with Crippen molar-refractivity contribution in [1.82, 2.24) is 15.8 Å². The minimum atomic E-state index is -1.24. The number of carbonyl (C=O) groups is 3. The van der Waals surface area contributed by atoms with Gasteiger partial charge in [-0.05, 0) is 40.0 Å². The van der Waals surface area contributed by atoms with Crippen LogP contribution in [0.5, 0.6) is 11.5 Å². The molecule has 1 atom stereocenters. The van der Waals surface area contributed by atoms with Crippen molar-refractivity contribution in [2.75, 3.05) is 14.2 Å². The second kappa shape index (κ2) is 8.12. The normalized spacial score (nSPS) is 18.4. The molecule has 4 amide bonds. The molecule has 8 nitrogen and oxygen atoms in total. The number of urea groups is 1. The smallest absolute Gasteiger partial charge is 0.344 e. The Bertz CT molecular complexity index is 941. The first-order valence-corrected chi connectivity index (χ1v) is 9.62. The Morgan fingerprint density at radius 2 is 1.72 bits per heavy atom. The third-order valence-electron chi connectivity index (χ3n) is 4.81. The monoisotopic (exact) mass is 461 g/mol. The highest BCUT2D eigenvalue weighted by molar-refractivity contribution is 9.10. The molecule has 2 aromatic rings. The molecular weight excluding hydrogens is 442 g/mol. The second-order valence-corrected chi connectivity index (χ2v) is 7.12. The maximum Gasteiger partial charge on any atom is 0.344 e. The summed E-state index contributed by atoms with van der Waals surface area (Å²) < 4.78 is 11.0. The predicted molar refractivity (Wildman–Crippen MR) is 109 cm³/mol. The molecule has 1 unspecified atom stereocenters. The Morgan fingerprint density at radius 1 is 1.14 bits per heavy atom. The number of methoxy groups -OCH3 is 2. The van der Waals surface area contributed by atoms with Crippen molar-refractivity contribution >= 4 is 33.8 Å². The number of hydrazine groups is 1. The average Bonchev–Trinajstić information content (AvgIpc) is 2.99. The zero-order chi connectivity index (χ0) is 21.2. The number of nitrogens with zero attached hydrogens (tertiary/aromatic N) is 1. The number of carbonyl (C=O) groups excluding carboxylic acids is 3. The van der Waals surface area contributed by atoms with E-state index in [0.717, 1.165) is 0 Å². The minimum absolute atomic E-state index is 0.163. The van der Waals surface area contributed by atoms with Gasteiger partial charge in [-0.3, -0.25) is 15.0 Å². The highest BCUT2D eigenvalue weighted by Gasteiger charge is 2.52. The van der Waals surface area contributed by atoms with E-state index in [1.807, 2.05) is 6.07 Å². The van der Waals surface area contributed by atoms with Crippen molar-refractivity contribution in [3.63, 3.8) is 0 Å². The zero-order valence-electron chi connectivity index (χ0n) is 16.1. The van der Waals surface area contributed by atoms with Crippen LogP contribution in [-0.2, 0) is 10.3 Å². The first-order chi connectivity index (χ1) is 13.9. The lowest BCUT2D eigenvalue weighted by Gasteiger charge is -2.25. The van der Waals surface area contributed by atoms with E-state index >= 15 is 0 Å². The molecule has 1 aliphatic rings. The fourth-order valence-corrected chi connectivity index (χ4v) is 3.76. The molecule has 2 N–H and O–H groups in total. The lowest BCUT2D eigenvalue weighted by molar-refractivity contribution is -0.133. The summed E-state index contributed by atoms with van der Waals surface area (Å²) >= 11 is 3.33. The van der Waals surface area contributed by atoms with E-state index in [9.17, 15) is 14.4 Å². The largest absolute Gasteiger partial charge is 0.495 e. The number of hydrogen-bond acceptors (Lipinski definition) is 5. The molecule has 1 aliphatic heterocycles. The lowest BCUT2D eigenvalue weighted by atomic mass is 9.87. The quantitative estimate of drug-likeness (QED) is 0.644. The van der Waals surface area contributed by atoms with Gasteiger partial charge in [0.05, 0.1) is 14.2 Å². The highest BCUT2D eigenvalue weighted by atomic mass is 79.9. The standard InChI is InChI=1S/C20H20BrN3O5/c1-4-20(13-8-6-5-7-9-13)18(26)24(19(27)22-20)23-17(25)12-10-14(28-2)16(21)15(11-12)29-3/h5-11H,4H2,1-3H3,(H,22,27)(H,23,25). The lowest BCUT2D eigenvalue weighted by Crippen LogP contribution is -2.48. The topological polar surface area (TPSA) is 97.0 Å². The first-order valence-electron chi connectivity index (χ1n) is 8.82. The van der Waals surface area contributed by atoms with Crippen LogP contribution in [-0.4, -0.2) is 37.1 Å². The van der Waals surface area contributed by atoms with Crippen molar-refractivity contribution in [3.8, 4) is 11.5 Å². The van der Waals surface area contributed by atoms with Crippen molar-refractivity contribution in [2.24, 2.45) is 0 Å². The number of imide groups is 1. The SMILES string of the molecule is CCC1(c2ccccc2)NC(=O)N(NC(=O)c2cc(OC)c(Br)c(OC)c2)C1=O. The maximum absolute atomic E-state index is 13.1. The van der Waals surface area contributed by atoms with Crippen molar-refractivity contribution < 1.29 is 23.9 Å². The van der Waals surface area contributed by atoms with Crippen LogP contribution >= 0.6 is 15.9 Å². The summed E-state index contributed by atoms with van der Waals surface area (Å²) in [6.07, 6.45) is 0.327. The van der Waals surface area contributed by atoms with Crippen LogP contribution in [0.25, 0.3) is 0 Å². The first kappa shape index (κ1) is 20.7. The summed E-state index contributed by atoms with van der Waals surface area (Å²) in [5, 5.41) is 3.42. The van der Waals surface area contributed by atoms with E-state index in [1.54, 1.807) is 31.2 Å². The maximum atomic E-state index is 13.1. The Balaban J connectivity index is 1.90. The van der Waals surface area contributed by atoms with Gasteiger partial charge in [-0.1, -0.05) is 37.3 Å². The molecule has 0 aromatic heterocycles. The summed E-state index contributed by atoms with van der Waals surface area (Å²) in [5.74, 6) is -0.462. The predicted octanol–water partition coefficient (Wildman–Crippen LogP) is 2.97. The van der Waals surface area contributed by atoms with Crippen LogP contribution in [0.15, 0.2) is 46.9 Å². The van der Waals surface area contributed by atoms with Gasteiger partial charge in [0.1, 0.15) is 21.5 Å². The summed E-state index contributed by atoms with van der Waals surface area (Å²) in [6, 6.07) is 11.2. The third-order valence-corrected chi connectivity index (χ3v) is 5.59. The van der Waals surface area contributed by atoms with Crippen LogP contribution in [0, 0.1) is 0 Å². The van der Waals surface area contributed by atoms with Gasteiger partial charge in [0, 0.05) is 5.56 Å². The molecule has 9 heteroatoms. The van der Waals surface area contributed by atoms with Gasteiger partial charge in [0.25, 0.3) is 11.8 Å². The average molecular weight is 462 g/mol. The van der Waals surface area contributed by atoms with E-state index in [1.165, 1.54) is 26.4 Å². The number of nitrogens with one attached hydrogen (secondary N) is 2. The third kappa shape index (κ3) is 3.53. The molecule has 0 bridgehead atoms. The summed E-state index contributed by atoms with van der Waals surface area (Å²) in [4.78, 5) is 38.4. The van der Waals surface area contributed by atoms with Gasteiger partial charge in [-0.25, -0.2) is 4.79 Å². The number of amides is 4. The molecule has 3 rings (SSSR count). The Labute approximate surface area is 176 Å². The molecule has 0 spiro atoms. The Morgan fingerprint density at radius 3 is 2.24 bits per heavy atom. The molecule has 0 saturated carbocycles. The van der Waals surface area contributed by atoms with Crippen molar-refractivity contribution in [1.29, 1.82) is 0 Å². The molecule has 1 saturated heterocycles. The van der Waals surface area contributed by atoms with Gasteiger partial charge in [-0.2, -0.15) is 5.01 Å². The molecule has 29 heavy (non-hydrogen) atoms. The van der Waals surface area contributed by atoms with E-state index in [-0.39, 0.29) is 5.56 Å². The van der Waals surface area contributed by atoms with Gasteiger partial charge < -0.3 is 14.8 Å². The van der Waals surface area contributed by atoms with Crippen LogP contribution in [0.2, 0.25) is 0 Å². The van der Waals surface area contributed by atoms with E-state index in [4.69, 9.17) is 9.47 Å². The van der Waals surface area contributed by atoms with E-state index < -0.39 is 23.4 Å². The molecule has 0 radical (unpaired) electrons. The molecular formula is C20H20BrN3O5. The van der Waals surface area contributed by atoms with Crippen LogP contribution in [0.4, 0.5) is 4.79 Å². The number of rotatable bonds is 6. The van der Waals surface area contributed by atoms with Gasteiger partial charge in [-0.15, -0.1) is 0 Å². The van der Waals surface area contributed by atoms with Crippen LogP contribution in [0.1, 0.15) is 29.3 Å².